The molecule has 0 unspecified atom stereocenters. The van der Waals surface area contributed by atoms with Crippen LogP contribution in [0.15, 0.2) is 18.5 Å². The third-order valence-electron chi connectivity index (χ3n) is 2.67. The Morgan fingerprint density at radius 3 is 2.88 bits per heavy atom. The van der Waals surface area contributed by atoms with E-state index in [1.54, 1.807) is 6.20 Å². The van der Waals surface area contributed by atoms with Crippen LogP contribution in [0.2, 0.25) is 0 Å². The molecule has 0 aromatic carbocycles. The van der Waals surface area contributed by atoms with E-state index in [0.29, 0.717) is 12.4 Å². The maximum absolute atomic E-state index is 9.10. The zero-order valence-electron chi connectivity index (χ0n) is 9.59. The molecular weight excluding hydrogens is 204 g/mol. The maximum Gasteiger partial charge on any atom is 0.134 e. The maximum atomic E-state index is 9.10. The number of rotatable bonds is 4. The Hall–Kier alpha value is -1.62. The van der Waals surface area contributed by atoms with Gasteiger partial charge in [-0.15, -0.1) is 0 Å². The summed E-state index contributed by atoms with van der Waals surface area (Å²) in [6.07, 6.45) is 4.50. The summed E-state index contributed by atoms with van der Waals surface area (Å²) in [7, 11) is 1.93. The van der Waals surface area contributed by atoms with Crippen molar-refractivity contribution in [1.82, 2.24) is 19.3 Å². The predicted molar refractivity (Wildman–Crippen MR) is 59.8 cm³/mol. The zero-order chi connectivity index (χ0) is 11.5. The summed E-state index contributed by atoms with van der Waals surface area (Å²) in [5.41, 5.74) is 2.20. The fourth-order valence-corrected chi connectivity index (χ4v) is 1.70. The normalized spacial score (nSPS) is 10.9. The fraction of sp³-hybridized carbons (Fsp3) is 0.455. The molecule has 0 saturated heterocycles. The lowest BCUT2D eigenvalue weighted by molar-refractivity contribution is 0.266. The quantitative estimate of drug-likeness (QED) is 0.826. The third-order valence-corrected chi connectivity index (χ3v) is 2.67. The molecule has 0 aliphatic heterocycles. The largest absolute Gasteiger partial charge is 0.388 e. The summed E-state index contributed by atoms with van der Waals surface area (Å²) < 4.78 is 3.80. The van der Waals surface area contributed by atoms with Gasteiger partial charge in [-0.3, -0.25) is 4.68 Å². The van der Waals surface area contributed by atoms with E-state index in [0.717, 1.165) is 17.8 Å². The van der Waals surface area contributed by atoms with Gasteiger partial charge in [-0.1, -0.05) is 6.92 Å². The number of aryl methyl sites for hydroxylation is 2. The number of hydrogen-bond acceptors (Lipinski definition) is 3. The van der Waals surface area contributed by atoms with E-state index >= 15 is 0 Å². The topological polar surface area (TPSA) is 55.9 Å². The average Bonchev–Trinajstić information content (AvgIpc) is 2.86. The van der Waals surface area contributed by atoms with Crippen molar-refractivity contribution in [3.8, 4) is 0 Å². The summed E-state index contributed by atoms with van der Waals surface area (Å²) in [5.74, 6) is 0.680. The third kappa shape index (κ3) is 1.99. The van der Waals surface area contributed by atoms with Gasteiger partial charge in [-0.05, 0) is 12.5 Å². The molecule has 2 aromatic rings. The van der Waals surface area contributed by atoms with Crippen molar-refractivity contribution in [2.45, 2.75) is 26.5 Å². The summed E-state index contributed by atoms with van der Waals surface area (Å²) >= 11 is 0. The van der Waals surface area contributed by atoms with Gasteiger partial charge in [0.05, 0.1) is 17.9 Å². The van der Waals surface area contributed by atoms with Gasteiger partial charge in [0, 0.05) is 19.4 Å². The minimum atomic E-state index is -0.0362. The highest BCUT2D eigenvalue weighted by Crippen LogP contribution is 2.08. The van der Waals surface area contributed by atoms with Crippen LogP contribution in [-0.2, 0) is 26.6 Å². The van der Waals surface area contributed by atoms with Crippen LogP contribution < -0.4 is 0 Å². The average molecular weight is 220 g/mol. The van der Waals surface area contributed by atoms with Crippen molar-refractivity contribution >= 4 is 0 Å². The van der Waals surface area contributed by atoms with Crippen LogP contribution in [0.3, 0.4) is 0 Å². The molecule has 86 valence electrons. The van der Waals surface area contributed by atoms with Gasteiger partial charge in [0.25, 0.3) is 0 Å². The lowest BCUT2D eigenvalue weighted by atomic mass is 10.3. The first-order valence-electron chi connectivity index (χ1n) is 5.37. The Balaban J connectivity index is 2.23. The SMILES string of the molecule is CCc1cc(Cn2ccnc2CO)n(C)n1. The number of aliphatic hydroxyl groups excluding tert-OH is 1. The van der Waals surface area contributed by atoms with Gasteiger partial charge in [-0.2, -0.15) is 5.10 Å². The highest BCUT2D eigenvalue weighted by Gasteiger charge is 2.07. The van der Waals surface area contributed by atoms with E-state index in [9.17, 15) is 0 Å². The van der Waals surface area contributed by atoms with Crippen LogP contribution >= 0.6 is 0 Å². The second kappa shape index (κ2) is 4.49. The minimum Gasteiger partial charge on any atom is -0.388 e. The smallest absolute Gasteiger partial charge is 0.134 e. The molecule has 16 heavy (non-hydrogen) atoms. The van der Waals surface area contributed by atoms with E-state index in [2.05, 4.69) is 23.1 Å². The van der Waals surface area contributed by atoms with E-state index < -0.39 is 0 Å². The van der Waals surface area contributed by atoms with Crippen LogP contribution in [-0.4, -0.2) is 24.4 Å². The molecule has 0 amide bonds. The van der Waals surface area contributed by atoms with Gasteiger partial charge in [0.1, 0.15) is 12.4 Å². The number of hydrogen-bond donors (Lipinski definition) is 1. The van der Waals surface area contributed by atoms with Gasteiger partial charge >= 0.3 is 0 Å². The van der Waals surface area contributed by atoms with E-state index in [4.69, 9.17) is 5.11 Å². The molecule has 0 aliphatic rings. The summed E-state index contributed by atoms with van der Waals surface area (Å²) in [6.45, 7) is 2.74. The van der Waals surface area contributed by atoms with Crippen LogP contribution in [0, 0.1) is 0 Å². The summed E-state index contributed by atoms with van der Waals surface area (Å²) in [4.78, 5) is 4.07. The Labute approximate surface area is 94.4 Å². The summed E-state index contributed by atoms with van der Waals surface area (Å²) in [6, 6.07) is 2.08. The van der Waals surface area contributed by atoms with Crippen molar-refractivity contribution in [3.63, 3.8) is 0 Å². The molecule has 5 nitrogen and oxygen atoms in total. The van der Waals surface area contributed by atoms with Crippen molar-refractivity contribution in [2.24, 2.45) is 7.05 Å². The number of nitrogens with zero attached hydrogens (tertiary/aromatic N) is 4. The molecular formula is C11H16N4O. The van der Waals surface area contributed by atoms with Crippen molar-refractivity contribution < 1.29 is 5.11 Å². The van der Waals surface area contributed by atoms with E-state index in [-0.39, 0.29) is 6.61 Å². The second-order valence-electron chi connectivity index (χ2n) is 3.73. The van der Waals surface area contributed by atoms with Crippen molar-refractivity contribution in [3.05, 3.63) is 35.7 Å². The highest BCUT2D eigenvalue weighted by molar-refractivity contribution is 5.11. The van der Waals surface area contributed by atoms with Crippen LogP contribution in [0.4, 0.5) is 0 Å². The molecule has 0 fully saturated rings. The predicted octanol–water partition coefficient (Wildman–Crippen LogP) is 0.720. The van der Waals surface area contributed by atoms with Gasteiger partial charge in [0.15, 0.2) is 0 Å². The first-order valence-corrected chi connectivity index (χ1v) is 5.37. The molecule has 0 spiro atoms. The molecule has 2 heterocycles. The molecule has 0 atom stereocenters. The van der Waals surface area contributed by atoms with Crippen molar-refractivity contribution in [2.75, 3.05) is 0 Å². The molecule has 0 aliphatic carbocycles. The number of imidazole rings is 1. The van der Waals surface area contributed by atoms with E-state index in [1.165, 1.54) is 0 Å². The summed E-state index contributed by atoms with van der Waals surface area (Å²) in [5, 5.41) is 13.5. The van der Waals surface area contributed by atoms with Crippen LogP contribution in [0.5, 0.6) is 0 Å². The van der Waals surface area contributed by atoms with Crippen molar-refractivity contribution in [1.29, 1.82) is 0 Å². The lowest BCUT2D eigenvalue weighted by Gasteiger charge is -2.05. The molecule has 0 saturated carbocycles. The molecule has 2 rings (SSSR count). The zero-order valence-corrected chi connectivity index (χ0v) is 9.59. The van der Waals surface area contributed by atoms with Gasteiger partial charge in [-0.25, -0.2) is 4.98 Å². The van der Waals surface area contributed by atoms with E-state index in [1.807, 2.05) is 22.5 Å². The first-order chi connectivity index (χ1) is 7.74. The Kier molecular flexibility index (Phi) is 3.05. The van der Waals surface area contributed by atoms with Crippen LogP contribution in [0.1, 0.15) is 24.1 Å². The minimum absolute atomic E-state index is 0.0362. The Morgan fingerprint density at radius 2 is 2.25 bits per heavy atom. The molecule has 2 aromatic heterocycles. The van der Waals surface area contributed by atoms with Gasteiger partial charge < -0.3 is 9.67 Å². The lowest BCUT2D eigenvalue weighted by Crippen LogP contribution is -2.08. The molecule has 1 N–H and O–H groups in total. The fourth-order valence-electron chi connectivity index (χ4n) is 1.70. The monoisotopic (exact) mass is 220 g/mol. The second-order valence-corrected chi connectivity index (χ2v) is 3.73. The molecule has 0 bridgehead atoms. The Morgan fingerprint density at radius 1 is 1.44 bits per heavy atom. The highest BCUT2D eigenvalue weighted by atomic mass is 16.3. The standard InChI is InChI=1S/C11H16N4O/c1-3-9-6-10(14(2)13-9)7-15-5-4-12-11(15)8-16/h4-6,16H,3,7-8H2,1-2H3. The van der Waals surface area contributed by atoms with Gasteiger partial charge in [0.2, 0.25) is 0 Å². The molecule has 0 radical (unpaired) electrons. The van der Waals surface area contributed by atoms with Crippen LogP contribution in [0.25, 0.3) is 0 Å². The molecule has 5 heteroatoms. The first kappa shape index (κ1) is 10.9. The number of aliphatic hydroxyl groups is 1. The Bertz CT molecular complexity index is 472. The number of aromatic nitrogens is 4.